The number of ether oxygens (including phenoxy) is 1. The summed E-state index contributed by atoms with van der Waals surface area (Å²) in [7, 11) is 0. The molecule has 0 unspecified atom stereocenters. The summed E-state index contributed by atoms with van der Waals surface area (Å²) in [5.74, 6) is 0.367. The highest BCUT2D eigenvalue weighted by Gasteiger charge is 2.20. The van der Waals surface area contributed by atoms with Crippen LogP contribution in [0.15, 0.2) is 30.5 Å². The third-order valence-corrected chi connectivity index (χ3v) is 5.83. The number of piperazine rings is 1. The van der Waals surface area contributed by atoms with Crippen molar-refractivity contribution in [1.29, 1.82) is 0 Å². The number of aromatic nitrogens is 2. The first-order valence-electron chi connectivity index (χ1n) is 10.9. The first-order valence-corrected chi connectivity index (χ1v) is 10.9. The number of carbonyl (C=O) groups excluding carboxylic acids is 2. The molecule has 32 heavy (non-hydrogen) atoms. The molecule has 1 aromatic heterocycles. The first kappa shape index (κ1) is 21.8. The average Bonchev–Trinajstić information content (AvgIpc) is 2.80. The van der Waals surface area contributed by atoms with Gasteiger partial charge in [-0.3, -0.25) is 9.59 Å². The fraction of sp³-hybridized carbons (Fsp3) is 0.455. The zero-order chi connectivity index (χ0) is 22.5. The second-order valence-corrected chi connectivity index (χ2v) is 8.02. The minimum absolute atomic E-state index is 0.122. The van der Waals surface area contributed by atoms with Crippen LogP contribution in [0, 0.1) is 0 Å². The van der Waals surface area contributed by atoms with Crippen molar-refractivity contribution in [2.75, 3.05) is 54.9 Å². The molecule has 4 N–H and O–H groups in total. The Morgan fingerprint density at radius 3 is 2.41 bits per heavy atom. The number of hydrogen-bond donors (Lipinski definition) is 3. The lowest BCUT2D eigenvalue weighted by molar-refractivity contribution is -0.129. The second-order valence-electron chi connectivity index (χ2n) is 8.02. The van der Waals surface area contributed by atoms with Crippen LogP contribution in [0.3, 0.4) is 0 Å². The van der Waals surface area contributed by atoms with Gasteiger partial charge >= 0.3 is 0 Å². The zero-order valence-corrected chi connectivity index (χ0v) is 18.2. The van der Waals surface area contributed by atoms with Crippen LogP contribution in [-0.2, 0) is 9.53 Å². The van der Waals surface area contributed by atoms with Crippen molar-refractivity contribution in [3.05, 3.63) is 36.0 Å². The summed E-state index contributed by atoms with van der Waals surface area (Å²) in [6.07, 6.45) is 3.13. The normalized spacial score (nSPS) is 17.2. The van der Waals surface area contributed by atoms with Gasteiger partial charge in [0.2, 0.25) is 11.9 Å². The van der Waals surface area contributed by atoms with E-state index in [0.717, 1.165) is 50.4 Å². The van der Waals surface area contributed by atoms with Crippen LogP contribution in [0.5, 0.6) is 0 Å². The third-order valence-electron chi connectivity index (χ3n) is 5.83. The molecule has 2 aliphatic heterocycles. The fourth-order valence-corrected chi connectivity index (χ4v) is 3.93. The van der Waals surface area contributed by atoms with Crippen molar-refractivity contribution in [2.45, 2.75) is 25.8 Å². The van der Waals surface area contributed by atoms with E-state index in [-0.39, 0.29) is 17.5 Å². The zero-order valence-electron chi connectivity index (χ0n) is 18.2. The van der Waals surface area contributed by atoms with Crippen molar-refractivity contribution in [1.82, 2.24) is 14.9 Å². The Kier molecular flexibility index (Phi) is 6.69. The maximum Gasteiger partial charge on any atom is 0.254 e. The van der Waals surface area contributed by atoms with Gasteiger partial charge in [-0.25, -0.2) is 4.98 Å². The van der Waals surface area contributed by atoms with E-state index in [4.69, 9.17) is 10.5 Å². The van der Waals surface area contributed by atoms with Gasteiger partial charge in [-0.05, 0) is 37.1 Å². The average molecular weight is 440 g/mol. The Hall–Kier alpha value is -3.40. The number of amides is 2. The number of primary amides is 1. The van der Waals surface area contributed by atoms with Gasteiger partial charge in [0, 0.05) is 69.9 Å². The maximum absolute atomic E-state index is 11.8. The van der Waals surface area contributed by atoms with Crippen LogP contribution in [0.2, 0.25) is 0 Å². The van der Waals surface area contributed by atoms with Crippen molar-refractivity contribution in [3.8, 4) is 0 Å². The molecule has 2 amide bonds. The molecule has 0 aliphatic carbocycles. The van der Waals surface area contributed by atoms with Gasteiger partial charge in [0.25, 0.3) is 5.91 Å². The number of benzene rings is 1. The minimum Gasteiger partial charge on any atom is -0.381 e. The molecule has 10 nitrogen and oxygen atoms in total. The number of nitrogens with zero attached hydrogens (tertiary/aromatic N) is 4. The van der Waals surface area contributed by atoms with Gasteiger partial charge < -0.3 is 30.9 Å². The minimum atomic E-state index is -0.569. The van der Waals surface area contributed by atoms with E-state index < -0.39 is 5.91 Å². The smallest absolute Gasteiger partial charge is 0.254 e. The fourth-order valence-electron chi connectivity index (χ4n) is 3.93. The second kappa shape index (κ2) is 9.82. The van der Waals surface area contributed by atoms with Crippen LogP contribution in [0.25, 0.3) is 0 Å². The van der Waals surface area contributed by atoms with E-state index in [1.807, 2.05) is 29.2 Å². The van der Waals surface area contributed by atoms with Gasteiger partial charge in [-0.15, -0.1) is 0 Å². The highest BCUT2D eigenvalue weighted by Crippen LogP contribution is 2.23. The van der Waals surface area contributed by atoms with E-state index in [0.29, 0.717) is 25.0 Å². The number of nitrogens with two attached hydrogens (primary N) is 1. The molecule has 2 fully saturated rings. The quantitative estimate of drug-likeness (QED) is 0.619. The van der Waals surface area contributed by atoms with Crippen molar-refractivity contribution in [3.63, 3.8) is 0 Å². The Labute approximate surface area is 187 Å². The highest BCUT2D eigenvalue weighted by atomic mass is 16.5. The highest BCUT2D eigenvalue weighted by molar-refractivity contribution is 5.97. The summed E-state index contributed by atoms with van der Waals surface area (Å²) < 4.78 is 5.39. The molecule has 10 heteroatoms. The van der Waals surface area contributed by atoms with Gasteiger partial charge in [0.1, 0.15) is 5.82 Å². The number of hydrogen-bond acceptors (Lipinski definition) is 8. The lowest BCUT2D eigenvalue weighted by Crippen LogP contribution is -2.48. The number of nitrogens with one attached hydrogen (secondary N) is 2. The predicted octanol–water partition coefficient (Wildman–Crippen LogP) is 1.58. The molecule has 2 aliphatic rings. The summed E-state index contributed by atoms with van der Waals surface area (Å²) in [6.45, 7) is 6.05. The Morgan fingerprint density at radius 1 is 1.09 bits per heavy atom. The van der Waals surface area contributed by atoms with Gasteiger partial charge in [0.05, 0.1) is 5.56 Å². The van der Waals surface area contributed by atoms with E-state index in [1.54, 1.807) is 6.92 Å². The van der Waals surface area contributed by atoms with E-state index >= 15 is 0 Å². The molecule has 3 heterocycles. The third kappa shape index (κ3) is 5.25. The predicted molar refractivity (Wildman–Crippen MR) is 122 cm³/mol. The van der Waals surface area contributed by atoms with E-state index in [1.165, 1.54) is 6.20 Å². The molecular weight excluding hydrogens is 410 g/mol. The van der Waals surface area contributed by atoms with Crippen molar-refractivity contribution >= 4 is 35.0 Å². The Bertz CT molecular complexity index is 952. The van der Waals surface area contributed by atoms with Crippen LogP contribution in [0.1, 0.15) is 30.1 Å². The molecule has 1 aromatic carbocycles. The van der Waals surface area contributed by atoms with Crippen LogP contribution < -0.4 is 21.3 Å². The SMILES string of the molecule is CC(=O)N1CCN(c2ccc(Nc3ncc(C(N)=O)c(NC4CCOCC4)n3)cc2)CC1. The molecule has 2 aromatic rings. The lowest BCUT2D eigenvalue weighted by Gasteiger charge is -2.35. The maximum atomic E-state index is 11.8. The first-order chi connectivity index (χ1) is 15.5. The number of rotatable bonds is 6. The molecule has 0 saturated carbocycles. The largest absolute Gasteiger partial charge is 0.381 e. The molecule has 0 atom stereocenters. The monoisotopic (exact) mass is 439 g/mol. The van der Waals surface area contributed by atoms with E-state index in [2.05, 4.69) is 25.5 Å². The standard InChI is InChI=1S/C22H29N7O3/c1-15(30)28-8-10-29(11-9-28)18-4-2-16(3-5-18)26-22-24-14-19(20(23)31)21(27-22)25-17-6-12-32-13-7-17/h2-5,14,17H,6-13H2,1H3,(H2,23,31)(H2,24,25,26,27). The summed E-state index contributed by atoms with van der Waals surface area (Å²) >= 11 is 0. The van der Waals surface area contributed by atoms with Crippen LogP contribution in [-0.4, -0.2) is 72.1 Å². The molecule has 0 spiro atoms. The topological polar surface area (TPSA) is 126 Å². The molecule has 2 saturated heterocycles. The molecular formula is C22H29N7O3. The summed E-state index contributed by atoms with van der Waals surface area (Å²) in [5, 5.41) is 6.50. The van der Waals surface area contributed by atoms with Crippen LogP contribution in [0.4, 0.5) is 23.1 Å². The Balaban J connectivity index is 1.42. The summed E-state index contributed by atoms with van der Waals surface area (Å²) in [6, 6.07) is 8.16. The molecule has 4 rings (SSSR count). The van der Waals surface area contributed by atoms with E-state index in [9.17, 15) is 9.59 Å². The van der Waals surface area contributed by atoms with Gasteiger partial charge in [0.15, 0.2) is 0 Å². The van der Waals surface area contributed by atoms with Crippen LogP contribution >= 0.6 is 0 Å². The van der Waals surface area contributed by atoms with Crippen molar-refractivity contribution in [2.24, 2.45) is 5.73 Å². The Morgan fingerprint density at radius 2 is 1.78 bits per heavy atom. The van der Waals surface area contributed by atoms with Gasteiger partial charge in [-0.1, -0.05) is 0 Å². The number of anilines is 4. The molecule has 0 bridgehead atoms. The summed E-state index contributed by atoms with van der Waals surface area (Å²) in [5.41, 5.74) is 7.71. The summed E-state index contributed by atoms with van der Waals surface area (Å²) in [4.78, 5) is 36.2. The molecule has 0 radical (unpaired) electrons. The van der Waals surface area contributed by atoms with Crippen molar-refractivity contribution < 1.29 is 14.3 Å². The van der Waals surface area contributed by atoms with Gasteiger partial charge in [-0.2, -0.15) is 4.98 Å². The molecule has 170 valence electrons. The number of carbonyl (C=O) groups is 2. The lowest BCUT2D eigenvalue weighted by atomic mass is 10.1.